The minimum atomic E-state index is -1.07. The van der Waals surface area contributed by atoms with Crippen LogP contribution < -0.4 is 10.6 Å². The minimum Gasteiger partial charge on any atom is -0.466 e. The van der Waals surface area contributed by atoms with Gasteiger partial charge in [-0.1, -0.05) is 24.3 Å². The van der Waals surface area contributed by atoms with Crippen LogP contribution in [0.15, 0.2) is 64.1 Å². The fraction of sp³-hybridized carbons (Fsp3) is 0.333. The summed E-state index contributed by atoms with van der Waals surface area (Å²) in [4.78, 5) is 9.10. The first kappa shape index (κ1) is 24.9. The highest BCUT2D eigenvalue weighted by Crippen LogP contribution is 2.26. The molecule has 1 unspecified atom stereocenters. The molecule has 0 fully saturated rings. The molecule has 7 heteroatoms. The summed E-state index contributed by atoms with van der Waals surface area (Å²) in [7, 11) is 0. The number of aliphatic hydroxyl groups is 1. The Balaban J connectivity index is 0.00000341. The van der Waals surface area contributed by atoms with E-state index in [1.54, 1.807) is 13.1 Å². The third-order valence-electron chi connectivity index (χ3n) is 4.87. The van der Waals surface area contributed by atoms with Gasteiger partial charge in [0, 0.05) is 23.9 Å². The zero-order valence-electron chi connectivity index (χ0n) is 18.5. The quantitative estimate of drug-likeness (QED) is 0.236. The van der Waals surface area contributed by atoms with Crippen molar-refractivity contribution in [2.45, 2.75) is 39.8 Å². The fourth-order valence-corrected chi connectivity index (χ4v) is 3.39. The summed E-state index contributed by atoms with van der Waals surface area (Å²) >= 11 is 0. The van der Waals surface area contributed by atoms with Gasteiger partial charge >= 0.3 is 0 Å². The van der Waals surface area contributed by atoms with Gasteiger partial charge in [-0.2, -0.15) is 0 Å². The SMILES string of the molecule is CCNC(=NCc1cccc(-c2ccccn2)c1)NCC(C)(O)c1cc(C)oc1C.I. The van der Waals surface area contributed by atoms with Gasteiger partial charge in [0.15, 0.2) is 5.96 Å². The summed E-state index contributed by atoms with van der Waals surface area (Å²) in [5.74, 6) is 2.17. The lowest BCUT2D eigenvalue weighted by Gasteiger charge is -2.24. The summed E-state index contributed by atoms with van der Waals surface area (Å²) in [6.45, 7) is 9.09. The van der Waals surface area contributed by atoms with Gasteiger partial charge in [-0.15, -0.1) is 24.0 Å². The van der Waals surface area contributed by atoms with Crippen LogP contribution in [0, 0.1) is 13.8 Å². The molecule has 0 aliphatic carbocycles. The Hall–Kier alpha value is -2.39. The Bertz CT molecular complexity index is 1000. The number of nitrogens with one attached hydrogen (secondary N) is 2. The second-order valence-corrected chi connectivity index (χ2v) is 7.56. The average molecular weight is 534 g/mol. The van der Waals surface area contributed by atoms with Gasteiger partial charge in [0.1, 0.15) is 17.1 Å². The zero-order chi connectivity index (χ0) is 21.6. The number of aromatic nitrogens is 1. The number of aryl methyl sites for hydroxylation is 2. The van der Waals surface area contributed by atoms with E-state index in [4.69, 9.17) is 4.42 Å². The van der Waals surface area contributed by atoms with Crippen molar-refractivity contribution in [3.05, 3.63) is 77.4 Å². The molecule has 3 rings (SSSR count). The molecule has 31 heavy (non-hydrogen) atoms. The molecule has 1 aromatic carbocycles. The Morgan fingerprint density at radius 2 is 1.94 bits per heavy atom. The van der Waals surface area contributed by atoms with Crippen molar-refractivity contribution in [3.63, 3.8) is 0 Å². The third-order valence-corrected chi connectivity index (χ3v) is 4.87. The number of pyridine rings is 1. The smallest absolute Gasteiger partial charge is 0.191 e. The predicted octanol–water partition coefficient (Wildman–Crippen LogP) is 4.54. The van der Waals surface area contributed by atoms with Crippen LogP contribution in [0.4, 0.5) is 0 Å². The Labute approximate surface area is 201 Å². The summed E-state index contributed by atoms with van der Waals surface area (Å²) in [6.07, 6.45) is 1.79. The first-order valence-corrected chi connectivity index (χ1v) is 10.2. The molecule has 3 aromatic rings. The van der Waals surface area contributed by atoms with Gasteiger partial charge in [0.25, 0.3) is 0 Å². The monoisotopic (exact) mass is 534 g/mol. The van der Waals surface area contributed by atoms with E-state index in [-0.39, 0.29) is 24.0 Å². The number of nitrogens with zero attached hydrogens (tertiary/aromatic N) is 2. The van der Waals surface area contributed by atoms with Crippen LogP contribution >= 0.6 is 24.0 Å². The lowest BCUT2D eigenvalue weighted by Crippen LogP contribution is -2.44. The molecule has 166 valence electrons. The fourth-order valence-electron chi connectivity index (χ4n) is 3.39. The van der Waals surface area contributed by atoms with Crippen molar-refractivity contribution in [2.75, 3.05) is 13.1 Å². The topological polar surface area (TPSA) is 82.7 Å². The summed E-state index contributed by atoms with van der Waals surface area (Å²) in [5, 5.41) is 17.4. The molecule has 1 atom stereocenters. The third kappa shape index (κ3) is 6.80. The van der Waals surface area contributed by atoms with E-state index in [0.29, 0.717) is 19.0 Å². The lowest BCUT2D eigenvalue weighted by atomic mass is 9.96. The molecule has 0 aliphatic heterocycles. The normalized spacial score (nSPS) is 13.3. The summed E-state index contributed by atoms with van der Waals surface area (Å²) in [6, 6.07) is 16.0. The molecule has 3 N–H and O–H groups in total. The molecule has 2 heterocycles. The van der Waals surface area contributed by atoms with Gasteiger partial charge in [0.2, 0.25) is 0 Å². The van der Waals surface area contributed by atoms with Crippen LogP contribution in [-0.4, -0.2) is 29.1 Å². The molecule has 0 amide bonds. The van der Waals surface area contributed by atoms with Crippen LogP contribution in [0.5, 0.6) is 0 Å². The van der Waals surface area contributed by atoms with Crippen molar-refractivity contribution < 1.29 is 9.52 Å². The van der Waals surface area contributed by atoms with E-state index < -0.39 is 5.60 Å². The largest absolute Gasteiger partial charge is 0.466 e. The number of aliphatic imine (C=N–C) groups is 1. The highest BCUT2D eigenvalue weighted by molar-refractivity contribution is 14.0. The summed E-state index contributed by atoms with van der Waals surface area (Å²) < 4.78 is 5.57. The molecule has 6 nitrogen and oxygen atoms in total. The Kier molecular flexibility index (Phi) is 9.06. The molecule has 2 aromatic heterocycles. The zero-order valence-corrected chi connectivity index (χ0v) is 20.8. The standard InChI is InChI=1S/C24H30N4O2.HI/c1-5-25-23(28-16-24(4,29)21-13-17(2)30-18(21)3)27-15-19-9-8-10-20(14-19)22-11-6-7-12-26-22;/h6-14,29H,5,15-16H2,1-4H3,(H2,25,27,28);1H. The van der Waals surface area contributed by atoms with Crippen molar-refractivity contribution in [2.24, 2.45) is 4.99 Å². The van der Waals surface area contributed by atoms with Gasteiger partial charge in [-0.25, -0.2) is 4.99 Å². The maximum atomic E-state index is 10.9. The Morgan fingerprint density at radius 3 is 2.58 bits per heavy atom. The van der Waals surface area contributed by atoms with Crippen LogP contribution in [0.3, 0.4) is 0 Å². The minimum absolute atomic E-state index is 0. The molecule has 0 bridgehead atoms. The van der Waals surface area contributed by atoms with Gasteiger partial charge in [-0.3, -0.25) is 4.98 Å². The van der Waals surface area contributed by atoms with E-state index in [2.05, 4.69) is 26.7 Å². The number of benzene rings is 1. The first-order chi connectivity index (χ1) is 14.4. The van der Waals surface area contributed by atoms with Gasteiger partial charge < -0.3 is 20.2 Å². The molecule has 0 spiro atoms. The van der Waals surface area contributed by atoms with Crippen molar-refractivity contribution >= 4 is 29.9 Å². The summed E-state index contributed by atoms with van der Waals surface area (Å²) in [5.41, 5.74) is 2.80. The van der Waals surface area contributed by atoms with Crippen LogP contribution in [-0.2, 0) is 12.1 Å². The van der Waals surface area contributed by atoms with Gasteiger partial charge in [0.05, 0.1) is 18.8 Å². The second kappa shape index (κ2) is 11.3. The molecular weight excluding hydrogens is 503 g/mol. The molecular formula is C24H31IN4O2. The van der Waals surface area contributed by atoms with E-state index >= 15 is 0 Å². The van der Waals surface area contributed by atoms with E-state index in [0.717, 1.165) is 40.4 Å². The number of hydrogen-bond donors (Lipinski definition) is 3. The van der Waals surface area contributed by atoms with Crippen LogP contribution in [0.2, 0.25) is 0 Å². The molecule has 0 saturated heterocycles. The second-order valence-electron chi connectivity index (χ2n) is 7.56. The van der Waals surface area contributed by atoms with Crippen LogP contribution in [0.1, 0.15) is 36.5 Å². The van der Waals surface area contributed by atoms with Gasteiger partial charge in [-0.05, 0) is 57.5 Å². The number of furan rings is 1. The number of hydrogen-bond acceptors (Lipinski definition) is 4. The number of rotatable bonds is 7. The number of halogens is 1. The van der Waals surface area contributed by atoms with E-state index in [1.165, 1.54) is 0 Å². The molecule has 0 radical (unpaired) electrons. The van der Waals surface area contributed by atoms with Crippen molar-refractivity contribution in [1.82, 2.24) is 15.6 Å². The van der Waals surface area contributed by atoms with E-state index in [1.807, 2.05) is 63.2 Å². The average Bonchev–Trinajstić information content (AvgIpc) is 3.10. The Morgan fingerprint density at radius 1 is 1.13 bits per heavy atom. The highest BCUT2D eigenvalue weighted by Gasteiger charge is 2.27. The maximum Gasteiger partial charge on any atom is 0.191 e. The predicted molar refractivity (Wildman–Crippen MR) is 136 cm³/mol. The first-order valence-electron chi connectivity index (χ1n) is 10.2. The maximum absolute atomic E-state index is 10.9. The molecule has 0 aliphatic rings. The highest BCUT2D eigenvalue weighted by atomic mass is 127. The molecule has 0 saturated carbocycles. The lowest BCUT2D eigenvalue weighted by molar-refractivity contribution is 0.0601. The van der Waals surface area contributed by atoms with Crippen molar-refractivity contribution in [1.29, 1.82) is 0 Å². The van der Waals surface area contributed by atoms with E-state index in [9.17, 15) is 5.11 Å². The van der Waals surface area contributed by atoms with Crippen LogP contribution in [0.25, 0.3) is 11.3 Å². The van der Waals surface area contributed by atoms with Crippen molar-refractivity contribution in [3.8, 4) is 11.3 Å². The number of guanidine groups is 1.